The lowest BCUT2D eigenvalue weighted by Gasteiger charge is -2.15. The third-order valence-corrected chi connectivity index (χ3v) is 5.89. The first-order valence-corrected chi connectivity index (χ1v) is 10.9. The van der Waals surface area contributed by atoms with Crippen LogP contribution in [0.5, 0.6) is 0 Å². The Bertz CT molecular complexity index is 1130. The molecular weight excluding hydrogens is 406 g/mol. The number of aromatic nitrogens is 3. The molecule has 0 bridgehead atoms. The third kappa shape index (κ3) is 4.06. The highest BCUT2D eigenvalue weighted by atomic mass is 16.2. The van der Waals surface area contributed by atoms with Crippen molar-refractivity contribution in [2.75, 3.05) is 25.1 Å². The molecule has 1 unspecified atom stereocenters. The fourth-order valence-electron chi connectivity index (χ4n) is 4.14. The standard InChI is InChI=1S/C23H25N7O2/c31-21-7-3-13-29(21)14-4-12-24-23(32)16-8-10-17(11-9-16)30-15-20(26-28-30)22-18-5-1-2-6-19(18)25-27-22/h1-2,5-6,8-11,15,22,25,27H,3-4,7,12-14H2,(H,24,32). The van der Waals surface area contributed by atoms with Gasteiger partial charge in [-0.1, -0.05) is 23.4 Å². The number of nitrogens with one attached hydrogen (secondary N) is 3. The lowest BCUT2D eigenvalue weighted by Crippen LogP contribution is -2.30. The summed E-state index contributed by atoms with van der Waals surface area (Å²) in [6.45, 7) is 2.07. The van der Waals surface area contributed by atoms with Gasteiger partial charge in [-0.3, -0.25) is 9.59 Å². The van der Waals surface area contributed by atoms with Crippen molar-refractivity contribution in [3.8, 4) is 5.69 Å². The minimum atomic E-state index is -0.124. The van der Waals surface area contributed by atoms with Gasteiger partial charge in [0.05, 0.1) is 23.6 Å². The van der Waals surface area contributed by atoms with Crippen LogP contribution in [0.25, 0.3) is 5.69 Å². The number of likely N-dealkylation sites (tertiary alicyclic amines) is 1. The van der Waals surface area contributed by atoms with Gasteiger partial charge < -0.3 is 15.6 Å². The first-order chi connectivity index (χ1) is 15.7. The summed E-state index contributed by atoms with van der Waals surface area (Å²) in [5.41, 5.74) is 10.8. The Morgan fingerprint density at radius 3 is 2.81 bits per heavy atom. The number of hydrazine groups is 1. The predicted molar refractivity (Wildman–Crippen MR) is 119 cm³/mol. The van der Waals surface area contributed by atoms with Crippen molar-refractivity contribution in [1.29, 1.82) is 0 Å². The van der Waals surface area contributed by atoms with E-state index in [1.807, 2.05) is 41.4 Å². The molecule has 5 rings (SSSR count). The molecule has 32 heavy (non-hydrogen) atoms. The highest BCUT2D eigenvalue weighted by Gasteiger charge is 2.25. The summed E-state index contributed by atoms with van der Waals surface area (Å²) in [5.74, 6) is 0.0915. The molecule has 9 heteroatoms. The van der Waals surface area contributed by atoms with Crippen LogP contribution in [0.2, 0.25) is 0 Å². The molecule has 3 N–H and O–H groups in total. The summed E-state index contributed by atoms with van der Waals surface area (Å²) in [6, 6.07) is 15.3. The second-order valence-electron chi connectivity index (χ2n) is 8.02. The third-order valence-electron chi connectivity index (χ3n) is 5.89. The summed E-state index contributed by atoms with van der Waals surface area (Å²) < 4.78 is 1.70. The molecule has 2 amide bonds. The molecule has 2 aliphatic rings. The number of fused-ring (bicyclic) bond motifs is 1. The Kier molecular flexibility index (Phi) is 5.55. The van der Waals surface area contributed by atoms with Gasteiger partial charge in [0.1, 0.15) is 5.69 Å². The first kappa shape index (κ1) is 20.2. The summed E-state index contributed by atoms with van der Waals surface area (Å²) in [7, 11) is 0. The molecule has 9 nitrogen and oxygen atoms in total. The highest BCUT2D eigenvalue weighted by molar-refractivity contribution is 5.94. The van der Waals surface area contributed by atoms with Crippen molar-refractivity contribution in [2.45, 2.75) is 25.3 Å². The van der Waals surface area contributed by atoms with Gasteiger partial charge in [-0.15, -0.1) is 5.10 Å². The number of carbonyl (C=O) groups excluding carboxylic acids is 2. The summed E-state index contributed by atoms with van der Waals surface area (Å²) in [4.78, 5) is 25.9. The Balaban J connectivity index is 1.17. The van der Waals surface area contributed by atoms with Crippen LogP contribution in [0.4, 0.5) is 5.69 Å². The van der Waals surface area contributed by atoms with Gasteiger partial charge in [-0.25, -0.2) is 10.1 Å². The normalized spacial score (nSPS) is 17.3. The lowest BCUT2D eigenvalue weighted by molar-refractivity contribution is -0.127. The Hall–Kier alpha value is -3.72. The molecule has 2 aromatic carbocycles. The number of anilines is 1. The molecule has 1 aromatic heterocycles. The minimum absolute atomic E-state index is 0.0687. The smallest absolute Gasteiger partial charge is 0.251 e. The number of rotatable bonds is 7. The SMILES string of the molecule is O=C(NCCCN1CCCC1=O)c1ccc(-n2cc(C3NNc4ccccc43)nn2)cc1. The molecule has 1 fully saturated rings. The molecule has 2 aliphatic heterocycles. The van der Waals surface area contributed by atoms with Crippen molar-refractivity contribution in [3.63, 3.8) is 0 Å². The van der Waals surface area contributed by atoms with Crippen LogP contribution in [0, 0.1) is 0 Å². The minimum Gasteiger partial charge on any atom is -0.352 e. The van der Waals surface area contributed by atoms with Gasteiger partial charge in [0.2, 0.25) is 5.91 Å². The quantitative estimate of drug-likeness (QED) is 0.495. The molecule has 3 heterocycles. The van der Waals surface area contributed by atoms with Gasteiger partial charge in [0, 0.05) is 37.2 Å². The topological polar surface area (TPSA) is 104 Å². The fourth-order valence-corrected chi connectivity index (χ4v) is 4.14. The van der Waals surface area contributed by atoms with Gasteiger partial charge in [-0.05, 0) is 43.2 Å². The summed E-state index contributed by atoms with van der Waals surface area (Å²) >= 11 is 0. The van der Waals surface area contributed by atoms with Gasteiger partial charge in [0.25, 0.3) is 5.91 Å². The number of para-hydroxylation sites is 1. The van der Waals surface area contributed by atoms with E-state index < -0.39 is 0 Å². The van der Waals surface area contributed by atoms with Crippen molar-refractivity contribution in [1.82, 2.24) is 30.6 Å². The van der Waals surface area contributed by atoms with Crippen molar-refractivity contribution in [3.05, 3.63) is 71.5 Å². The second kappa shape index (κ2) is 8.80. The Labute approximate surface area is 185 Å². The maximum absolute atomic E-state index is 12.4. The Morgan fingerprint density at radius 2 is 2.00 bits per heavy atom. The van der Waals surface area contributed by atoms with E-state index >= 15 is 0 Å². The average Bonchev–Trinajstić information content (AvgIpc) is 3.56. The summed E-state index contributed by atoms with van der Waals surface area (Å²) in [5, 5.41) is 11.5. The maximum Gasteiger partial charge on any atom is 0.251 e. The average molecular weight is 432 g/mol. The van der Waals surface area contributed by atoms with E-state index in [0.717, 1.165) is 42.0 Å². The van der Waals surface area contributed by atoms with Crippen LogP contribution in [-0.2, 0) is 4.79 Å². The van der Waals surface area contributed by atoms with Crippen LogP contribution in [-0.4, -0.2) is 51.3 Å². The number of benzene rings is 2. The van der Waals surface area contributed by atoms with Crippen LogP contribution in [0.1, 0.15) is 46.9 Å². The molecule has 0 spiro atoms. The van der Waals surface area contributed by atoms with E-state index in [9.17, 15) is 9.59 Å². The van der Waals surface area contributed by atoms with Crippen LogP contribution >= 0.6 is 0 Å². The van der Waals surface area contributed by atoms with Gasteiger partial charge >= 0.3 is 0 Å². The van der Waals surface area contributed by atoms with Crippen molar-refractivity contribution in [2.24, 2.45) is 0 Å². The molecule has 1 atom stereocenters. The summed E-state index contributed by atoms with van der Waals surface area (Å²) in [6.07, 6.45) is 4.22. The number of hydrogen-bond donors (Lipinski definition) is 3. The molecule has 164 valence electrons. The molecular formula is C23H25N7O2. The molecule has 1 saturated heterocycles. The van der Waals surface area contributed by atoms with E-state index in [0.29, 0.717) is 25.1 Å². The van der Waals surface area contributed by atoms with Gasteiger partial charge in [-0.2, -0.15) is 0 Å². The fraction of sp³-hybridized carbons (Fsp3) is 0.304. The molecule has 0 saturated carbocycles. The van der Waals surface area contributed by atoms with E-state index in [4.69, 9.17) is 0 Å². The highest BCUT2D eigenvalue weighted by Crippen LogP contribution is 2.31. The monoisotopic (exact) mass is 431 g/mol. The van der Waals surface area contributed by atoms with E-state index in [2.05, 4.69) is 32.5 Å². The molecule has 0 radical (unpaired) electrons. The molecule has 3 aromatic rings. The van der Waals surface area contributed by atoms with Gasteiger partial charge in [0.15, 0.2) is 0 Å². The number of amides is 2. The number of carbonyl (C=O) groups is 2. The van der Waals surface area contributed by atoms with Crippen molar-refractivity contribution < 1.29 is 9.59 Å². The molecule has 0 aliphatic carbocycles. The first-order valence-electron chi connectivity index (χ1n) is 10.9. The van der Waals surface area contributed by atoms with Crippen molar-refractivity contribution >= 4 is 17.5 Å². The van der Waals surface area contributed by atoms with E-state index in [-0.39, 0.29) is 17.9 Å². The zero-order chi connectivity index (χ0) is 21.9. The van der Waals surface area contributed by atoms with Crippen LogP contribution < -0.4 is 16.2 Å². The predicted octanol–water partition coefficient (Wildman–Crippen LogP) is 2.03. The number of nitrogens with zero attached hydrogens (tertiary/aromatic N) is 4. The lowest BCUT2D eigenvalue weighted by atomic mass is 10.1. The van der Waals surface area contributed by atoms with E-state index in [1.54, 1.807) is 16.8 Å². The zero-order valence-electron chi connectivity index (χ0n) is 17.6. The second-order valence-corrected chi connectivity index (χ2v) is 8.02. The zero-order valence-corrected chi connectivity index (χ0v) is 17.6. The Morgan fingerprint density at radius 1 is 1.16 bits per heavy atom. The van der Waals surface area contributed by atoms with E-state index in [1.165, 1.54) is 0 Å². The maximum atomic E-state index is 12.4. The number of hydrogen-bond acceptors (Lipinski definition) is 6. The van der Waals surface area contributed by atoms with Crippen LogP contribution in [0.15, 0.2) is 54.7 Å². The van der Waals surface area contributed by atoms with Crippen LogP contribution in [0.3, 0.4) is 0 Å². The largest absolute Gasteiger partial charge is 0.352 e.